The Morgan fingerprint density at radius 1 is 1.32 bits per heavy atom. The number of H-pyrrole nitrogens is 1. The van der Waals surface area contributed by atoms with E-state index in [-0.39, 0.29) is 5.92 Å². The molecule has 1 saturated carbocycles. The number of aromatic nitrogens is 5. The van der Waals surface area contributed by atoms with Crippen LogP contribution in [0.5, 0.6) is 0 Å². The number of nitrogens with one attached hydrogen (secondary N) is 1. The minimum Gasteiger partial charge on any atom is -0.345 e. The SMILES string of the molecule is CCC1CN(C(=O)CC2CC2)CC1c1nnc2cnc3[nH]ccc3n12. The van der Waals surface area contributed by atoms with Gasteiger partial charge in [-0.3, -0.25) is 9.20 Å². The Labute approximate surface area is 145 Å². The van der Waals surface area contributed by atoms with Crippen LogP contribution in [0, 0.1) is 11.8 Å². The Morgan fingerprint density at radius 2 is 2.20 bits per heavy atom. The van der Waals surface area contributed by atoms with Gasteiger partial charge in [0.2, 0.25) is 5.91 Å². The third-order valence-corrected chi connectivity index (χ3v) is 5.78. The van der Waals surface area contributed by atoms with Crippen LogP contribution in [0.2, 0.25) is 0 Å². The zero-order chi connectivity index (χ0) is 17.0. The summed E-state index contributed by atoms with van der Waals surface area (Å²) in [5.41, 5.74) is 2.59. The van der Waals surface area contributed by atoms with E-state index >= 15 is 0 Å². The van der Waals surface area contributed by atoms with Crippen molar-refractivity contribution >= 4 is 22.7 Å². The fourth-order valence-corrected chi connectivity index (χ4v) is 4.12. The van der Waals surface area contributed by atoms with Gasteiger partial charge in [-0.05, 0) is 30.7 Å². The number of likely N-dealkylation sites (tertiary alicyclic amines) is 1. The van der Waals surface area contributed by atoms with Gasteiger partial charge in [-0.25, -0.2) is 4.98 Å². The molecule has 0 aromatic carbocycles. The molecule has 7 nitrogen and oxygen atoms in total. The molecule has 1 aliphatic heterocycles. The van der Waals surface area contributed by atoms with Gasteiger partial charge in [0, 0.05) is 31.6 Å². The molecule has 0 bridgehead atoms. The van der Waals surface area contributed by atoms with Gasteiger partial charge in [-0.2, -0.15) is 0 Å². The highest BCUT2D eigenvalue weighted by Gasteiger charge is 2.39. The summed E-state index contributed by atoms with van der Waals surface area (Å²) >= 11 is 0. The summed E-state index contributed by atoms with van der Waals surface area (Å²) in [6.07, 6.45) is 7.82. The van der Waals surface area contributed by atoms with Gasteiger partial charge < -0.3 is 9.88 Å². The maximum atomic E-state index is 12.6. The number of carbonyl (C=O) groups excluding carboxylic acids is 1. The molecule has 1 N–H and O–H groups in total. The third kappa shape index (κ3) is 2.41. The number of amides is 1. The van der Waals surface area contributed by atoms with E-state index in [1.807, 2.05) is 17.2 Å². The number of aromatic amines is 1. The standard InChI is InChI=1S/C18H22N6O/c1-2-12-9-23(16(25)7-11-3-4-11)10-13(12)18-22-21-15-8-20-17-14(24(15)18)5-6-19-17/h5-6,8,11-13,19H,2-4,7,9-10H2,1H3. The summed E-state index contributed by atoms with van der Waals surface area (Å²) < 4.78 is 2.10. The molecule has 3 aromatic rings. The van der Waals surface area contributed by atoms with Crippen LogP contribution >= 0.6 is 0 Å². The number of rotatable bonds is 4. The van der Waals surface area contributed by atoms with Gasteiger partial charge in [-0.1, -0.05) is 13.3 Å². The highest BCUT2D eigenvalue weighted by molar-refractivity contribution is 5.77. The average Bonchev–Trinajstić information content (AvgIpc) is 3.06. The van der Waals surface area contributed by atoms with Crippen LogP contribution in [0.1, 0.15) is 44.3 Å². The van der Waals surface area contributed by atoms with Gasteiger partial charge in [0.05, 0.1) is 11.7 Å². The van der Waals surface area contributed by atoms with Crippen molar-refractivity contribution in [3.63, 3.8) is 0 Å². The molecule has 2 fully saturated rings. The Hall–Kier alpha value is -2.44. The molecule has 130 valence electrons. The largest absolute Gasteiger partial charge is 0.345 e. The molecule has 1 aliphatic carbocycles. The quantitative estimate of drug-likeness (QED) is 0.792. The zero-order valence-electron chi connectivity index (χ0n) is 14.4. The van der Waals surface area contributed by atoms with Crippen LogP contribution in [0.4, 0.5) is 0 Å². The topological polar surface area (TPSA) is 79.2 Å². The van der Waals surface area contributed by atoms with Crippen molar-refractivity contribution in [3.05, 3.63) is 24.3 Å². The lowest BCUT2D eigenvalue weighted by atomic mass is 9.93. The van der Waals surface area contributed by atoms with Crippen LogP contribution in [-0.4, -0.2) is 48.5 Å². The Morgan fingerprint density at radius 3 is 3.00 bits per heavy atom. The Bertz CT molecular complexity index is 939. The fraction of sp³-hybridized carbons (Fsp3) is 0.556. The van der Waals surface area contributed by atoms with Crippen LogP contribution in [-0.2, 0) is 4.79 Å². The normalized spacial score (nSPS) is 23.8. The number of nitrogens with zero attached hydrogens (tertiary/aromatic N) is 5. The molecular weight excluding hydrogens is 316 g/mol. The first kappa shape index (κ1) is 14.9. The van der Waals surface area contributed by atoms with Crippen molar-refractivity contribution < 1.29 is 4.79 Å². The van der Waals surface area contributed by atoms with Crippen LogP contribution < -0.4 is 0 Å². The number of carbonyl (C=O) groups is 1. The molecule has 4 heterocycles. The molecular formula is C18H22N6O. The number of hydrogen-bond acceptors (Lipinski definition) is 4. The lowest BCUT2D eigenvalue weighted by Crippen LogP contribution is -2.29. The summed E-state index contributed by atoms with van der Waals surface area (Å²) in [5, 5.41) is 8.82. The highest BCUT2D eigenvalue weighted by atomic mass is 16.2. The predicted molar refractivity (Wildman–Crippen MR) is 93.1 cm³/mol. The second-order valence-corrected chi connectivity index (χ2v) is 7.44. The average molecular weight is 338 g/mol. The van der Waals surface area contributed by atoms with Crippen molar-refractivity contribution in [2.24, 2.45) is 11.8 Å². The fourth-order valence-electron chi connectivity index (χ4n) is 4.12. The molecule has 5 rings (SSSR count). The van der Waals surface area contributed by atoms with E-state index in [9.17, 15) is 4.79 Å². The van der Waals surface area contributed by atoms with E-state index in [1.165, 1.54) is 12.8 Å². The maximum Gasteiger partial charge on any atom is 0.222 e. The first-order valence-corrected chi connectivity index (χ1v) is 9.19. The highest BCUT2D eigenvalue weighted by Crippen LogP contribution is 2.37. The maximum absolute atomic E-state index is 12.6. The van der Waals surface area contributed by atoms with Gasteiger partial charge >= 0.3 is 0 Å². The summed E-state index contributed by atoms with van der Waals surface area (Å²) in [6, 6.07) is 2.01. The van der Waals surface area contributed by atoms with Crippen molar-refractivity contribution in [2.75, 3.05) is 13.1 Å². The minimum atomic E-state index is 0.226. The van der Waals surface area contributed by atoms with E-state index in [2.05, 4.69) is 31.5 Å². The Kier molecular flexibility index (Phi) is 3.29. The first-order chi connectivity index (χ1) is 12.2. The van der Waals surface area contributed by atoms with E-state index in [0.717, 1.165) is 48.6 Å². The van der Waals surface area contributed by atoms with Crippen LogP contribution in [0.3, 0.4) is 0 Å². The summed E-state index contributed by atoms with van der Waals surface area (Å²) in [7, 11) is 0. The molecule has 7 heteroatoms. The molecule has 2 atom stereocenters. The van der Waals surface area contributed by atoms with E-state index in [0.29, 0.717) is 17.7 Å². The van der Waals surface area contributed by atoms with Gasteiger partial charge in [0.1, 0.15) is 5.82 Å². The molecule has 0 radical (unpaired) electrons. The van der Waals surface area contributed by atoms with Crippen LogP contribution in [0.25, 0.3) is 16.8 Å². The Balaban J connectivity index is 1.51. The van der Waals surface area contributed by atoms with Gasteiger partial charge in [0.25, 0.3) is 0 Å². The lowest BCUT2D eigenvalue weighted by molar-refractivity contribution is -0.130. The summed E-state index contributed by atoms with van der Waals surface area (Å²) in [6.45, 7) is 3.78. The smallest absolute Gasteiger partial charge is 0.222 e. The molecule has 2 unspecified atom stereocenters. The van der Waals surface area contributed by atoms with Crippen LogP contribution in [0.15, 0.2) is 18.5 Å². The lowest BCUT2D eigenvalue weighted by Gasteiger charge is -2.16. The van der Waals surface area contributed by atoms with Gasteiger partial charge in [0.15, 0.2) is 11.3 Å². The third-order valence-electron chi connectivity index (χ3n) is 5.78. The second kappa shape index (κ2) is 5.54. The van der Waals surface area contributed by atoms with Crippen molar-refractivity contribution in [1.29, 1.82) is 0 Å². The molecule has 2 aliphatic rings. The van der Waals surface area contributed by atoms with Crippen molar-refractivity contribution in [3.8, 4) is 0 Å². The molecule has 3 aromatic heterocycles. The van der Waals surface area contributed by atoms with Gasteiger partial charge in [-0.15, -0.1) is 10.2 Å². The predicted octanol–water partition coefficient (Wildman–Crippen LogP) is 2.36. The summed E-state index contributed by atoms with van der Waals surface area (Å²) in [4.78, 5) is 22.2. The molecule has 0 spiro atoms. The van der Waals surface area contributed by atoms with Crippen molar-refractivity contribution in [2.45, 2.75) is 38.5 Å². The number of fused-ring (bicyclic) bond motifs is 3. The second-order valence-electron chi connectivity index (χ2n) is 7.44. The van der Waals surface area contributed by atoms with E-state index in [4.69, 9.17) is 0 Å². The monoisotopic (exact) mass is 338 g/mol. The van der Waals surface area contributed by atoms with Crippen molar-refractivity contribution in [1.82, 2.24) is 29.5 Å². The van der Waals surface area contributed by atoms with E-state index in [1.54, 1.807) is 6.20 Å². The molecule has 1 amide bonds. The molecule has 1 saturated heterocycles. The van der Waals surface area contributed by atoms with E-state index < -0.39 is 0 Å². The summed E-state index contributed by atoms with van der Waals surface area (Å²) in [5.74, 6) is 2.55. The first-order valence-electron chi connectivity index (χ1n) is 9.19. The zero-order valence-corrected chi connectivity index (χ0v) is 14.4. The minimum absolute atomic E-state index is 0.226. The molecule has 25 heavy (non-hydrogen) atoms. The number of hydrogen-bond donors (Lipinski definition) is 1.